The molecule has 1 heteroatoms. The Labute approximate surface area is 336 Å². The molecule has 0 radical (unpaired) electrons. The van der Waals surface area contributed by atoms with Crippen LogP contribution in [-0.4, -0.2) is 0 Å². The summed E-state index contributed by atoms with van der Waals surface area (Å²) in [6.45, 7) is 9.35. The van der Waals surface area contributed by atoms with E-state index in [1.54, 1.807) is 0 Å². The normalized spacial score (nSPS) is 13.6. The lowest BCUT2D eigenvalue weighted by molar-refractivity contribution is 0.661. The van der Waals surface area contributed by atoms with Crippen LogP contribution < -0.4 is 0 Å². The first-order valence-electron chi connectivity index (χ1n) is 20.3. The molecule has 0 bridgehead atoms. The summed E-state index contributed by atoms with van der Waals surface area (Å²) < 4.78 is 2.67. The van der Waals surface area contributed by atoms with E-state index in [4.69, 9.17) is 0 Å². The molecule has 1 aliphatic carbocycles. The van der Waals surface area contributed by atoms with Crippen LogP contribution in [0.2, 0.25) is 0 Å². The van der Waals surface area contributed by atoms with E-state index in [0.717, 1.165) is 0 Å². The maximum absolute atomic E-state index is 2.49. The molecule has 0 amide bonds. The van der Waals surface area contributed by atoms with Crippen molar-refractivity contribution < 1.29 is 0 Å². The summed E-state index contributed by atoms with van der Waals surface area (Å²) >= 11 is 1.90. The van der Waals surface area contributed by atoms with Crippen LogP contribution in [0.1, 0.15) is 50.3 Å². The van der Waals surface area contributed by atoms with E-state index < -0.39 is 0 Å². The molecule has 0 unspecified atom stereocenters. The molecular weight excluding hydrogens is 705 g/mol. The van der Waals surface area contributed by atoms with Crippen molar-refractivity contribution in [1.82, 2.24) is 0 Å². The molecule has 0 saturated carbocycles. The molecular formula is C56H40S. The smallest absolute Gasteiger partial charge is 0.0362 e. The number of rotatable bonds is 3. The highest BCUT2D eigenvalue weighted by molar-refractivity contribution is 7.25. The molecule has 12 rings (SSSR count). The molecule has 0 nitrogen and oxygen atoms in total. The Morgan fingerprint density at radius 2 is 0.982 bits per heavy atom. The average molecular weight is 745 g/mol. The van der Waals surface area contributed by atoms with Gasteiger partial charge in [0.1, 0.15) is 0 Å². The Hall–Kier alpha value is -6.28. The molecule has 57 heavy (non-hydrogen) atoms. The average Bonchev–Trinajstić information content (AvgIpc) is 3.70. The van der Waals surface area contributed by atoms with E-state index in [9.17, 15) is 0 Å². The van der Waals surface area contributed by atoms with Crippen molar-refractivity contribution in [3.63, 3.8) is 0 Å². The van der Waals surface area contributed by atoms with E-state index in [1.165, 1.54) is 124 Å². The third kappa shape index (κ3) is 4.73. The Balaban J connectivity index is 1.07. The summed E-state index contributed by atoms with van der Waals surface area (Å²) in [6, 6.07) is 62.6. The lowest BCUT2D eigenvalue weighted by atomic mass is 9.81. The molecule has 1 heterocycles. The Kier molecular flexibility index (Phi) is 6.85. The topological polar surface area (TPSA) is 0 Å². The standard InChI is InChI=1S/C56H40S/c1-32(2)34-18-19-35-30-51-47(29-39(35)25-34)46-27-37(21-23-50(46)56(51,3)4)54-41-13-7-9-15-43(41)55(44-16-10-8-14-42(44)54)38-22-24-52-48(28-38)49-26-36-20-17-33-11-5-6-12-40(33)45(36)31-53(49)57-52/h5-32H,1-4H3. The first-order chi connectivity index (χ1) is 27.8. The van der Waals surface area contributed by atoms with E-state index in [1.807, 2.05) is 11.3 Å². The van der Waals surface area contributed by atoms with Gasteiger partial charge in [-0.05, 0) is 152 Å². The van der Waals surface area contributed by atoms with E-state index >= 15 is 0 Å². The van der Waals surface area contributed by atoms with Gasteiger partial charge in [-0.1, -0.05) is 149 Å². The molecule has 0 fully saturated rings. The van der Waals surface area contributed by atoms with Crippen LogP contribution in [0.15, 0.2) is 164 Å². The Morgan fingerprint density at radius 1 is 0.386 bits per heavy atom. The predicted octanol–water partition coefficient (Wildman–Crippen LogP) is 16.6. The second kappa shape index (κ2) is 11.9. The molecule has 270 valence electrons. The van der Waals surface area contributed by atoms with Gasteiger partial charge in [0.2, 0.25) is 0 Å². The van der Waals surface area contributed by atoms with Gasteiger partial charge >= 0.3 is 0 Å². The van der Waals surface area contributed by atoms with Gasteiger partial charge in [0.25, 0.3) is 0 Å². The van der Waals surface area contributed by atoms with Crippen molar-refractivity contribution >= 4 is 85.4 Å². The molecule has 0 spiro atoms. The highest BCUT2D eigenvalue weighted by atomic mass is 32.1. The fourth-order valence-corrected chi connectivity index (χ4v) is 11.3. The minimum absolute atomic E-state index is 0.0767. The third-order valence-corrected chi connectivity index (χ3v) is 14.3. The van der Waals surface area contributed by atoms with Gasteiger partial charge in [-0.25, -0.2) is 0 Å². The van der Waals surface area contributed by atoms with Crippen molar-refractivity contribution in [2.45, 2.75) is 39.0 Å². The highest BCUT2D eigenvalue weighted by Crippen LogP contribution is 2.53. The van der Waals surface area contributed by atoms with E-state index in [-0.39, 0.29) is 5.41 Å². The zero-order chi connectivity index (χ0) is 38.2. The van der Waals surface area contributed by atoms with Crippen LogP contribution in [0.3, 0.4) is 0 Å². The number of hydrogen-bond donors (Lipinski definition) is 0. The summed E-state index contributed by atoms with van der Waals surface area (Å²) in [5.74, 6) is 0.496. The van der Waals surface area contributed by atoms with Crippen LogP contribution >= 0.6 is 11.3 Å². The summed E-state index contributed by atoms with van der Waals surface area (Å²) in [5.41, 5.74) is 12.0. The Morgan fingerprint density at radius 3 is 1.70 bits per heavy atom. The minimum Gasteiger partial charge on any atom is -0.135 e. The van der Waals surface area contributed by atoms with Crippen LogP contribution in [0.5, 0.6) is 0 Å². The third-order valence-electron chi connectivity index (χ3n) is 13.2. The maximum atomic E-state index is 2.49. The van der Waals surface area contributed by atoms with Crippen molar-refractivity contribution in [2.24, 2.45) is 0 Å². The first-order valence-corrected chi connectivity index (χ1v) is 21.1. The van der Waals surface area contributed by atoms with Gasteiger partial charge in [0.15, 0.2) is 0 Å². The minimum atomic E-state index is -0.0767. The summed E-state index contributed by atoms with van der Waals surface area (Å²) in [5, 5.41) is 15.7. The van der Waals surface area contributed by atoms with Gasteiger partial charge in [-0.3, -0.25) is 0 Å². The van der Waals surface area contributed by atoms with Gasteiger partial charge < -0.3 is 0 Å². The van der Waals surface area contributed by atoms with Crippen LogP contribution in [0.25, 0.3) is 107 Å². The first kappa shape index (κ1) is 32.9. The van der Waals surface area contributed by atoms with E-state index in [2.05, 4.69) is 191 Å². The van der Waals surface area contributed by atoms with Crippen molar-refractivity contribution in [1.29, 1.82) is 0 Å². The molecule has 0 saturated heterocycles. The fraction of sp³-hybridized carbons (Fsp3) is 0.107. The molecule has 0 atom stereocenters. The number of fused-ring (bicyclic) bond motifs is 12. The monoisotopic (exact) mass is 744 g/mol. The zero-order valence-corrected chi connectivity index (χ0v) is 33.4. The second-order valence-electron chi connectivity index (χ2n) is 17.1. The summed E-state index contributed by atoms with van der Waals surface area (Å²) in [7, 11) is 0. The lowest BCUT2D eigenvalue weighted by Gasteiger charge is -2.22. The predicted molar refractivity (Wildman–Crippen MR) is 249 cm³/mol. The van der Waals surface area contributed by atoms with Crippen molar-refractivity contribution in [3.8, 4) is 33.4 Å². The van der Waals surface area contributed by atoms with Crippen LogP contribution in [-0.2, 0) is 5.41 Å². The fourth-order valence-electron chi connectivity index (χ4n) is 10.2. The SMILES string of the molecule is CC(C)c1ccc2cc3c(cc2c1)-c1cc(-c2c4ccccc4c(-c4ccc5sc6cc7c(ccc8ccccc87)cc6c5c4)c4ccccc24)ccc1C3(C)C. The van der Waals surface area contributed by atoms with Crippen LogP contribution in [0, 0.1) is 0 Å². The number of thiophene rings is 1. The number of hydrogen-bond acceptors (Lipinski definition) is 1. The second-order valence-corrected chi connectivity index (χ2v) is 18.1. The van der Waals surface area contributed by atoms with Crippen molar-refractivity contribution in [3.05, 3.63) is 180 Å². The molecule has 11 aromatic rings. The molecule has 1 aromatic heterocycles. The molecule has 0 aliphatic heterocycles. The van der Waals surface area contributed by atoms with Gasteiger partial charge in [-0.15, -0.1) is 11.3 Å². The van der Waals surface area contributed by atoms with Crippen LogP contribution in [0.4, 0.5) is 0 Å². The molecule has 1 aliphatic rings. The summed E-state index contributed by atoms with van der Waals surface area (Å²) in [4.78, 5) is 0. The Bertz CT molecular complexity index is 3460. The maximum Gasteiger partial charge on any atom is 0.0362 e. The highest BCUT2D eigenvalue weighted by Gasteiger charge is 2.36. The number of benzene rings is 10. The van der Waals surface area contributed by atoms with Gasteiger partial charge in [-0.2, -0.15) is 0 Å². The zero-order valence-electron chi connectivity index (χ0n) is 32.6. The molecule has 0 N–H and O–H groups in total. The van der Waals surface area contributed by atoms with Gasteiger partial charge in [0.05, 0.1) is 0 Å². The van der Waals surface area contributed by atoms with E-state index in [0.29, 0.717) is 5.92 Å². The summed E-state index contributed by atoms with van der Waals surface area (Å²) in [6.07, 6.45) is 0. The molecule has 10 aromatic carbocycles. The van der Waals surface area contributed by atoms with Gasteiger partial charge in [0, 0.05) is 25.6 Å². The van der Waals surface area contributed by atoms with Crippen molar-refractivity contribution in [2.75, 3.05) is 0 Å². The largest absolute Gasteiger partial charge is 0.135 e. The quantitative estimate of drug-likeness (QED) is 0.125. The lowest BCUT2D eigenvalue weighted by Crippen LogP contribution is -2.14.